The summed E-state index contributed by atoms with van der Waals surface area (Å²) in [7, 11) is 0. The quantitative estimate of drug-likeness (QED) is 0.804. The van der Waals surface area contributed by atoms with Gasteiger partial charge in [0, 0.05) is 5.71 Å². The molecule has 1 saturated carbocycles. The van der Waals surface area contributed by atoms with E-state index < -0.39 is 0 Å². The van der Waals surface area contributed by atoms with Gasteiger partial charge in [0.05, 0.1) is 12.3 Å². The summed E-state index contributed by atoms with van der Waals surface area (Å²) in [6.45, 7) is 2.82. The van der Waals surface area contributed by atoms with Crippen LogP contribution in [0.25, 0.3) is 0 Å². The molecular weight excluding hydrogens is 282 g/mol. The van der Waals surface area contributed by atoms with Gasteiger partial charge in [0.25, 0.3) is 0 Å². The Morgan fingerprint density at radius 1 is 1.29 bits per heavy atom. The van der Waals surface area contributed by atoms with Crippen molar-refractivity contribution in [2.75, 3.05) is 5.75 Å². The van der Waals surface area contributed by atoms with Crippen molar-refractivity contribution in [3.63, 3.8) is 0 Å². The predicted octanol–water partition coefficient (Wildman–Crippen LogP) is 3.29. The molecule has 0 radical (unpaired) electrons. The van der Waals surface area contributed by atoms with Crippen molar-refractivity contribution in [1.29, 1.82) is 0 Å². The maximum atomic E-state index is 12.0. The normalized spacial score (nSPS) is 26.2. The lowest BCUT2D eigenvalue weighted by Crippen LogP contribution is -2.28. The molecule has 3 rings (SSSR count). The van der Waals surface area contributed by atoms with Crippen LogP contribution in [0, 0.1) is 5.92 Å². The number of carbonyl (C=O) groups is 1. The van der Waals surface area contributed by atoms with E-state index in [1.54, 1.807) is 4.90 Å². The van der Waals surface area contributed by atoms with Crippen molar-refractivity contribution in [3.8, 4) is 0 Å². The van der Waals surface area contributed by atoms with Crippen LogP contribution in [0.1, 0.15) is 31.7 Å². The van der Waals surface area contributed by atoms with Crippen LogP contribution < -0.4 is 0 Å². The molecule has 0 N–H and O–H groups in total. The summed E-state index contributed by atoms with van der Waals surface area (Å²) in [6, 6.07) is 10.0. The van der Waals surface area contributed by atoms with E-state index >= 15 is 0 Å². The highest BCUT2D eigenvalue weighted by atomic mass is 32.2. The van der Waals surface area contributed by atoms with Gasteiger partial charge in [0.2, 0.25) is 5.91 Å². The standard InChI is InChI=1S/C16H19N3OS/c1-12-7-8-14(9-12)17-18-16-19(15(20)11-21-16)10-13-5-3-2-4-6-13/h2-6,12H,7-11H2,1H3/b17-14-,18-16+. The number of benzene rings is 1. The molecule has 110 valence electrons. The fourth-order valence-electron chi connectivity index (χ4n) is 2.62. The summed E-state index contributed by atoms with van der Waals surface area (Å²) in [5.41, 5.74) is 2.28. The molecule has 1 amide bonds. The maximum absolute atomic E-state index is 12.0. The molecule has 5 heteroatoms. The van der Waals surface area contributed by atoms with E-state index in [-0.39, 0.29) is 5.91 Å². The fourth-order valence-corrected chi connectivity index (χ4v) is 3.45. The lowest BCUT2D eigenvalue weighted by atomic mass is 10.1. The van der Waals surface area contributed by atoms with Crippen molar-refractivity contribution in [2.45, 2.75) is 32.7 Å². The second-order valence-corrected chi connectivity index (χ2v) is 6.59. The summed E-state index contributed by atoms with van der Waals surface area (Å²) >= 11 is 1.48. The minimum atomic E-state index is 0.114. The number of amides is 1. The predicted molar refractivity (Wildman–Crippen MR) is 87.3 cm³/mol. The van der Waals surface area contributed by atoms with Crippen LogP contribution in [-0.4, -0.2) is 27.4 Å². The van der Waals surface area contributed by atoms with Gasteiger partial charge in [0.1, 0.15) is 0 Å². The van der Waals surface area contributed by atoms with Gasteiger partial charge in [-0.25, -0.2) is 0 Å². The number of nitrogens with zero attached hydrogens (tertiary/aromatic N) is 3. The van der Waals surface area contributed by atoms with Crippen molar-refractivity contribution < 1.29 is 4.79 Å². The second kappa shape index (κ2) is 6.43. The van der Waals surface area contributed by atoms with E-state index in [9.17, 15) is 4.79 Å². The van der Waals surface area contributed by atoms with E-state index in [1.807, 2.05) is 30.3 Å². The van der Waals surface area contributed by atoms with Crippen LogP contribution in [-0.2, 0) is 11.3 Å². The Morgan fingerprint density at radius 3 is 2.81 bits per heavy atom. The SMILES string of the molecule is CC1CC/C(=N/N=C2/SCC(=O)N2Cc2ccccc2)C1. The third-order valence-electron chi connectivity index (χ3n) is 3.83. The zero-order valence-corrected chi connectivity index (χ0v) is 13.0. The molecule has 21 heavy (non-hydrogen) atoms. The van der Waals surface area contributed by atoms with Crippen LogP contribution in [0.3, 0.4) is 0 Å². The molecule has 1 aliphatic heterocycles. The number of carbonyl (C=O) groups excluding carboxylic acids is 1. The van der Waals surface area contributed by atoms with Crippen LogP contribution >= 0.6 is 11.8 Å². The Kier molecular flexibility index (Phi) is 4.39. The molecule has 2 fully saturated rings. The summed E-state index contributed by atoms with van der Waals surface area (Å²) in [5, 5.41) is 9.44. The van der Waals surface area contributed by atoms with Crippen LogP contribution in [0.5, 0.6) is 0 Å². The molecule has 0 aromatic heterocycles. The molecule has 2 aliphatic rings. The van der Waals surface area contributed by atoms with Gasteiger partial charge in [0.15, 0.2) is 5.17 Å². The number of thioether (sulfide) groups is 1. The highest BCUT2D eigenvalue weighted by molar-refractivity contribution is 8.15. The van der Waals surface area contributed by atoms with Gasteiger partial charge in [-0.05, 0) is 30.7 Å². The first kappa shape index (κ1) is 14.3. The fraction of sp³-hybridized carbons (Fsp3) is 0.438. The molecule has 0 spiro atoms. The first-order valence-corrected chi connectivity index (χ1v) is 8.31. The van der Waals surface area contributed by atoms with E-state index in [0.717, 1.165) is 29.3 Å². The van der Waals surface area contributed by atoms with Crippen molar-refractivity contribution >= 4 is 28.5 Å². The van der Waals surface area contributed by atoms with Gasteiger partial charge in [-0.15, -0.1) is 5.10 Å². The second-order valence-electron chi connectivity index (χ2n) is 5.65. The summed E-state index contributed by atoms with van der Waals surface area (Å²) < 4.78 is 0. The Balaban J connectivity index is 1.73. The van der Waals surface area contributed by atoms with Gasteiger partial charge in [-0.1, -0.05) is 49.0 Å². The highest BCUT2D eigenvalue weighted by Gasteiger charge is 2.28. The minimum Gasteiger partial charge on any atom is -0.285 e. The van der Waals surface area contributed by atoms with Crippen molar-refractivity contribution in [1.82, 2.24) is 4.90 Å². The Labute approximate surface area is 129 Å². The maximum Gasteiger partial charge on any atom is 0.239 e. The summed E-state index contributed by atoms with van der Waals surface area (Å²) in [6.07, 6.45) is 3.27. The highest BCUT2D eigenvalue weighted by Crippen LogP contribution is 2.24. The van der Waals surface area contributed by atoms with Crippen LogP contribution in [0.4, 0.5) is 0 Å². The molecule has 1 aromatic rings. The Morgan fingerprint density at radius 2 is 2.10 bits per heavy atom. The van der Waals surface area contributed by atoms with E-state index in [4.69, 9.17) is 0 Å². The first-order chi connectivity index (χ1) is 10.2. The van der Waals surface area contributed by atoms with Crippen molar-refractivity contribution in [3.05, 3.63) is 35.9 Å². The van der Waals surface area contributed by atoms with Gasteiger partial charge >= 0.3 is 0 Å². The van der Waals surface area contributed by atoms with E-state index in [2.05, 4.69) is 17.1 Å². The lowest BCUT2D eigenvalue weighted by Gasteiger charge is -2.15. The number of hydrogen-bond donors (Lipinski definition) is 0. The molecule has 1 atom stereocenters. The molecule has 1 saturated heterocycles. The van der Waals surface area contributed by atoms with E-state index in [1.165, 1.54) is 18.2 Å². The van der Waals surface area contributed by atoms with Gasteiger partial charge in [-0.2, -0.15) is 5.10 Å². The number of hydrogen-bond acceptors (Lipinski definition) is 4. The number of rotatable bonds is 3. The van der Waals surface area contributed by atoms with Gasteiger partial charge in [-0.3, -0.25) is 9.69 Å². The molecule has 1 aromatic carbocycles. The minimum absolute atomic E-state index is 0.114. The molecule has 4 nitrogen and oxygen atoms in total. The topological polar surface area (TPSA) is 45.0 Å². The zero-order valence-electron chi connectivity index (χ0n) is 12.2. The lowest BCUT2D eigenvalue weighted by molar-refractivity contribution is -0.124. The number of amidine groups is 1. The Hall–Kier alpha value is -1.62. The smallest absolute Gasteiger partial charge is 0.239 e. The van der Waals surface area contributed by atoms with Crippen molar-refractivity contribution in [2.24, 2.45) is 16.1 Å². The molecular formula is C16H19N3OS. The summed E-state index contributed by atoms with van der Waals surface area (Å²) in [5.74, 6) is 1.29. The average Bonchev–Trinajstić information content (AvgIpc) is 3.06. The molecule has 0 bridgehead atoms. The third-order valence-corrected chi connectivity index (χ3v) is 4.78. The molecule has 1 unspecified atom stereocenters. The van der Waals surface area contributed by atoms with Crippen LogP contribution in [0.2, 0.25) is 0 Å². The Bertz CT molecular complexity index is 582. The third kappa shape index (κ3) is 3.53. The largest absolute Gasteiger partial charge is 0.285 e. The first-order valence-electron chi connectivity index (χ1n) is 7.33. The van der Waals surface area contributed by atoms with Gasteiger partial charge < -0.3 is 0 Å². The summed E-state index contributed by atoms with van der Waals surface area (Å²) in [4.78, 5) is 13.8. The average molecular weight is 301 g/mol. The zero-order chi connectivity index (χ0) is 14.7. The van der Waals surface area contributed by atoms with E-state index in [0.29, 0.717) is 18.2 Å². The van der Waals surface area contributed by atoms with Crippen LogP contribution in [0.15, 0.2) is 40.5 Å². The monoisotopic (exact) mass is 301 g/mol. The molecule has 1 heterocycles. The molecule has 1 aliphatic carbocycles.